The Labute approximate surface area is 350 Å². The number of fused-ring (bicyclic) bond motifs is 7. The number of hydrogen-bond acceptors (Lipinski definition) is 2. The van der Waals surface area contributed by atoms with Crippen molar-refractivity contribution in [1.82, 2.24) is 19.1 Å². The lowest BCUT2D eigenvalue weighted by atomic mass is 9.93. The number of benzene rings is 7. The molecule has 1 atom stereocenters. The molecule has 7 aromatic carbocycles. The van der Waals surface area contributed by atoms with Crippen LogP contribution in [0.3, 0.4) is 0 Å². The summed E-state index contributed by atoms with van der Waals surface area (Å²) in [4.78, 5) is 10.4. The Morgan fingerprint density at radius 2 is 1.20 bits per heavy atom. The predicted octanol–water partition coefficient (Wildman–Crippen LogP) is 14.5. The van der Waals surface area contributed by atoms with Crippen LogP contribution in [0.25, 0.3) is 83.1 Å². The maximum atomic E-state index is 5.27. The van der Waals surface area contributed by atoms with Gasteiger partial charge in [-0.25, -0.2) is 9.97 Å². The number of allylic oxidation sites excluding steroid dienone is 7. The summed E-state index contributed by atoms with van der Waals surface area (Å²) >= 11 is 0. The summed E-state index contributed by atoms with van der Waals surface area (Å²) in [5, 5.41) is 4.84. The number of rotatable bonds is 10. The maximum Gasteiger partial charge on any atom is 0.160 e. The Bertz CT molecular complexity index is 3200. The molecule has 4 nitrogen and oxygen atoms in total. The van der Waals surface area contributed by atoms with E-state index in [1.807, 2.05) is 30.3 Å². The van der Waals surface area contributed by atoms with E-state index in [2.05, 4.69) is 211 Å². The van der Waals surface area contributed by atoms with Gasteiger partial charge in [0.15, 0.2) is 5.82 Å². The normalized spacial score (nSPS) is 12.9. The van der Waals surface area contributed by atoms with Crippen molar-refractivity contribution < 1.29 is 0 Å². The molecule has 0 radical (unpaired) electrons. The van der Waals surface area contributed by atoms with Gasteiger partial charge in [0.1, 0.15) is 0 Å². The topological polar surface area (TPSA) is 35.6 Å². The molecule has 0 saturated carbocycles. The Morgan fingerprint density at radius 1 is 0.583 bits per heavy atom. The molecule has 60 heavy (non-hydrogen) atoms. The lowest BCUT2D eigenvalue weighted by Gasteiger charge is -2.23. The molecule has 0 aliphatic rings. The van der Waals surface area contributed by atoms with Gasteiger partial charge in [-0.1, -0.05) is 183 Å². The zero-order valence-electron chi connectivity index (χ0n) is 33.4. The van der Waals surface area contributed by atoms with E-state index in [-0.39, 0.29) is 6.04 Å². The van der Waals surface area contributed by atoms with Gasteiger partial charge in [-0.3, -0.25) is 0 Å². The average Bonchev–Trinajstić information content (AvgIpc) is 3.84. The molecule has 0 aliphatic carbocycles. The summed E-state index contributed by atoms with van der Waals surface area (Å²) in [6, 6.07) is 66.1. The minimum absolute atomic E-state index is 0.254. The summed E-state index contributed by atoms with van der Waals surface area (Å²) < 4.78 is 4.95. The van der Waals surface area contributed by atoms with Crippen molar-refractivity contribution in [2.45, 2.75) is 13.0 Å². The van der Waals surface area contributed by atoms with E-state index in [1.165, 1.54) is 32.6 Å². The van der Waals surface area contributed by atoms with Crippen LogP contribution in [0.5, 0.6) is 0 Å². The molecule has 286 valence electrons. The van der Waals surface area contributed by atoms with Gasteiger partial charge in [-0.05, 0) is 66.1 Å². The maximum absolute atomic E-state index is 5.27. The van der Waals surface area contributed by atoms with Crippen molar-refractivity contribution in [2.24, 2.45) is 0 Å². The summed E-state index contributed by atoms with van der Waals surface area (Å²) in [5.41, 5.74) is 12.7. The fourth-order valence-corrected chi connectivity index (χ4v) is 8.71. The molecule has 10 rings (SSSR count). The summed E-state index contributed by atoms with van der Waals surface area (Å²) in [7, 11) is 0. The van der Waals surface area contributed by atoms with Crippen LogP contribution in [0.2, 0.25) is 0 Å². The number of nitrogens with zero attached hydrogens (tertiary/aromatic N) is 4. The molecule has 0 fully saturated rings. The molecule has 3 heterocycles. The van der Waals surface area contributed by atoms with E-state index in [1.54, 1.807) is 0 Å². The molecule has 10 aromatic rings. The minimum atomic E-state index is -0.254. The first-order valence-corrected chi connectivity index (χ1v) is 20.4. The number of aromatic nitrogens is 4. The van der Waals surface area contributed by atoms with Crippen LogP contribution < -0.4 is 0 Å². The molecule has 0 spiro atoms. The van der Waals surface area contributed by atoms with Crippen LogP contribution in [0.15, 0.2) is 225 Å². The third-order valence-electron chi connectivity index (χ3n) is 11.4. The second kappa shape index (κ2) is 15.8. The van der Waals surface area contributed by atoms with Crippen molar-refractivity contribution >= 4 is 54.8 Å². The predicted molar refractivity (Wildman–Crippen MR) is 253 cm³/mol. The smallest absolute Gasteiger partial charge is 0.160 e. The van der Waals surface area contributed by atoms with Gasteiger partial charge in [-0.15, -0.1) is 0 Å². The fourth-order valence-electron chi connectivity index (χ4n) is 8.71. The van der Waals surface area contributed by atoms with Crippen LogP contribution in [-0.4, -0.2) is 19.1 Å². The minimum Gasteiger partial charge on any atom is -0.329 e. The summed E-state index contributed by atoms with van der Waals surface area (Å²) in [5.74, 6) is 0.684. The van der Waals surface area contributed by atoms with Crippen molar-refractivity contribution in [3.63, 3.8) is 0 Å². The van der Waals surface area contributed by atoms with E-state index in [0.29, 0.717) is 5.82 Å². The largest absolute Gasteiger partial charge is 0.329 e. The third kappa shape index (κ3) is 6.45. The molecule has 3 aromatic heterocycles. The quantitative estimate of drug-likeness (QED) is 0.130. The second-order valence-electron chi connectivity index (χ2n) is 14.9. The number of para-hydroxylation sites is 3. The summed E-state index contributed by atoms with van der Waals surface area (Å²) in [6.45, 7) is 6.25. The van der Waals surface area contributed by atoms with Gasteiger partial charge in [0, 0.05) is 43.9 Å². The lowest BCUT2D eigenvalue weighted by molar-refractivity contribution is 0.801. The Hall–Kier alpha value is -7.82. The van der Waals surface area contributed by atoms with Gasteiger partial charge in [-0.2, -0.15) is 0 Å². The molecular weight excluding hydrogens is 729 g/mol. The highest BCUT2D eigenvalue weighted by atomic mass is 15.0. The molecule has 0 N–H and O–H groups in total. The van der Waals surface area contributed by atoms with Gasteiger partial charge in [0.25, 0.3) is 0 Å². The highest BCUT2D eigenvalue weighted by Gasteiger charge is 2.26. The first-order valence-electron chi connectivity index (χ1n) is 20.4. The third-order valence-corrected chi connectivity index (χ3v) is 11.4. The fraction of sp³-hybridized carbons (Fsp3) is 0.0357. The van der Waals surface area contributed by atoms with Gasteiger partial charge >= 0.3 is 0 Å². The van der Waals surface area contributed by atoms with E-state index in [0.717, 1.165) is 55.9 Å². The molecule has 1 unspecified atom stereocenters. The summed E-state index contributed by atoms with van der Waals surface area (Å²) in [6.07, 6.45) is 10.7. The van der Waals surface area contributed by atoms with Gasteiger partial charge in [0.05, 0.1) is 34.0 Å². The zero-order valence-corrected chi connectivity index (χ0v) is 33.4. The molecule has 0 bridgehead atoms. The van der Waals surface area contributed by atoms with E-state index < -0.39 is 0 Å². The second-order valence-corrected chi connectivity index (χ2v) is 14.9. The average molecular weight is 771 g/mol. The van der Waals surface area contributed by atoms with Crippen molar-refractivity contribution in [1.29, 1.82) is 0 Å². The molecule has 0 saturated heterocycles. The van der Waals surface area contributed by atoms with E-state index >= 15 is 0 Å². The van der Waals surface area contributed by atoms with E-state index in [4.69, 9.17) is 9.97 Å². The van der Waals surface area contributed by atoms with Crippen molar-refractivity contribution in [3.8, 4) is 28.3 Å². The van der Waals surface area contributed by atoms with Gasteiger partial charge in [0.2, 0.25) is 0 Å². The van der Waals surface area contributed by atoms with Crippen molar-refractivity contribution in [2.75, 3.05) is 0 Å². The van der Waals surface area contributed by atoms with Crippen LogP contribution in [0.4, 0.5) is 0 Å². The standard InChI is InChI=1S/C56H42N4/c1-3-5-32-52(60-50-33-20-18-30-44(50)45-35-36-53-54(55(45)60)46-31-19-21-34-51(46)59(53)43-28-16-9-17-29-43)47(40-22-10-6-11-23-40)37-39(4-2)48-38-49(41-24-12-7-13-25-41)58-56(57-48)42-26-14-8-15-27-42/h3-38,52H,1H2,2H3/b32-5-,39-4+,47-37-. The van der Waals surface area contributed by atoms with Crippen LogP contribution in [0, 0.1) is 0 Å². The highest BCUT2D eigenvalue weighted by Crippen LogP contribution is 2.45. The Morgan fingerprint density at radius 3 is 1.90 bits per heavy atom. The highest BCUT2D eigenvalue weighted by molar-refractivity contribution is 6.25. The Kier molecular flexibility index (Phi) is 9.64. The first kappa shape index (κ1) is 36.5. The first-order chi connectivity index (χ1) is 29.7. The monoisotopic (exact) mass is 770 g/mol. The van der Waals surface area contributed by atoms with E-state index in [9.17, 15) is 0 Å². The Balaban J connectivity index is 1.28. The van der Waals surface area contributed by atoms with Crippen molar-refractivity contribution in [3.05, 3.63) is 236 Å². The molecule has 4 heteroatoms. The molecular formula is C56H42N4. The zero-order chi connectivity index (χ0) is 40.4. The lowest BCUT2D eigenvalue weighted by Crippen LogP contribution is -2.10. The van der Waals surface area contributed by atoms with Crippen LogP contribution >= 0.6 is 0 Å². The van der Waals surface area contributed by atoms with Crippen LogP contribution in [0.1, 0.15) is 24.2 Å². The molecule has 0 aliphatic heterocycles. The molecule has 0 amide bonds. The van der Waals surface area contributed by atoms with Gasteiger partial charge < -0.3 is 9.13 Å². The SMILES string of the molecule is C=C/C=C\C(/C(=C\C(=C/C)c1cc(-c2ccccc2)nc(-c2ccccc2)n1)c1ccccc1)n1c2ccccc2c2ccc3c(c4ccccc4n3-c3ccccc3)c21. The van der Waals surface area contributed by atoms with Crippen LogP contribution in [-0.2, 0) is 0 Å². The number of hydrogen-bond donors (Lipinski definition) is 0.